The van der Waals surface area contributed by atoms with Crippen LogP contribution in [-0.4, -0.2) is 21.6 Å². The summed E-state index contributed by atoms with van der Waals surface area (Å²) in [7, 11) is 0. The van der Waals surface area contributed by atoms with E-state index in [4.69, 9.17) is 5.73 Å². The molecule has 0 fully saturated rings. The number of hydrogen-bond acceptors (Lipinski definition) is 4. The van der Waals surface area contributed by atoms with Crippen LogP contribution in [0.25, 0.3) is 0 Å². The second kappa shape index (κ2) is 6.77. The van der Waals surface area contributed by atoms with E-state index in [1.807, 2.05) is 6.92 Å². The zero-order valence-corrected chi connectivity index (χ0v) is 11.3. The van der Waals surface area contributed by atoms with Crippen LogP contribution in [0.3, 0.4) is 0 Å². The molecular formula is C12H20N4O3. The van der Waals surface area contributed by atoms with Gasteiger partial charge in [-0.25, -0.2) is 9.36 Å². The highest BCUT2D eigenvalue weighted by molar-refractivity contribution is 5.75. The predicted octanol–water partition coefficient (Wildman–Crippen LogP) is -0.472. The standard InChI is InChI=1S/C12H20N4O3/c1-3-5-6-14-10(17)8-16-11(18)9(13)7-15(4-2)12(16)19/h7H,3-6,8,13H2,1-2H3,(H,14,17). The number of aryl methyl sites for hydroxylation is 1. The van der Waals surface area contributed by atoms with Crippen molar-refractivity contribution in [2.24, 2.45) is 0 Å². The molecule has 0 radical (unpaired) electrons. The average Bonchev–Trinajstić information content (AvgIpc) is 2.39. The minimum Gasteiger partial charge on any atom is -0.393 e. The number of aromatic nitrogens is 2. The largest absolute Gasteiger partial charge is 0.393 e. The number of anilines is 1. The number of rotatable bonds is 6. The number of nitrogens with one attached hydrogen (secondary N) is 1. The van der Waals surface area contributed by atoms with Crippen molar-refractivity contribution in [1.29, 1.82) is 0 Å². The van der Waals surface area contributed by atoms with Gasteiger partial charge in [-0.15, -0.1) is 0 Å². The van der Waals surface area contributed by atoms with E-state index >= 15 is 0 Å². The van der Waals surface area contributed by atoms with Gasteiger partial charge in [0.05, 0.1) is 0 Å². The van der Waals surface area contributed by atoms with Crippen LogP contribution in [0.1, 0.15) is 26.7 Å². The van der Waals surface area contributed by atoms with E-state index in [1.54, 1.807) is 6.92 Å². The maximum absolute atomic E-state index is 11.9. The number of hydrogen-bond donors (Lipinski definition) is 2. The van der Waals surface area contributed by atoms with E-state index in [-0.39, 0.29) is 18.1 Å². The first-order valence-corrected chi connectivity index (χ1v) is 6.37. The fourth-order valence-electron chi connectivity index (χ4n) is 1.65. The summed E-state index contributed by atoms with van der Waals surface area (Å²) in [5, 5.41) is 2.66. The lowest BCUT2D eigenvalue weighted by Gasteiger charge is -2.10. The third-order valence-electron chi connectivity index (χ3n) is 2.76. The fraction of sp³-hybridized carbons (Fsp3) is 0.583. The second-order valence-corrected chi connectivity index (χ2v) is 4.25. The molecule has 0 aliphatic rings. The van der Waals surface area contributed by atoms with Crippen LogP contribution < -0.4 is 22.3 Å². The molecule has 0 unspecified atom stereocenters. The average molecular weight is 268 g/mol. The Morgan fingerprint density at radius 1 is 1.37 bits per heavy atom. The Bertz CT molecular complexity index is 559. The first-order valence-electron chi connectivity index (χ1n) is 6.37. The first kappa shape index (κ1) is 15.0. The van der Waals surface area contributed by atoms with Gasteiger partial charge in [-0.1, -0.05) is 13.3 Å². The summed E-state index contributed by atoms with van der Waals surface area (Å²) in [4.78, 5) is 35.3. The molecule has 0 atom stereocenters. The number of nitrogens with two attached hydrogens (primary N) is 1. The fourth-order valence-corrected chi connectivity index (χ4v) is 1.65. The molecule has 1 aromatic heterocycles. The molecule has 0 spiro atoms. The Morgan fingerprint density at radius 3 is 2.63 bits per heavy atom. The molecule has 0 aliphatic carbocycles. The number of nitrogens with zero attached hydrogens (tertiary/aromatic N) is 2. The van der Waals surface area contributed by atoms with Crippen molar-refractivity contribution in [1.82, 2.24) is 14.5 Å². The van der Waals surface area contributed by atoms with E-state index in [0.717, 1.165) is 17.4 Å². The quantitative estimate of drug-likeness (QED) is 0.681. The van der Waals surface area contributed by atoms with Crippen LogP contribution in [0.5, 0.6) is 0 Å². The van der Waals surface area contributed by atoms with Crippen molar-refractivity contribution in [3.05, 3.63) is 27.0 Å². The van der Waals surface area contributed by atoms with Crippen LogP contribution in [-0.2, 0) is 17.9 Å². The van der Waals surface area contributed by atoms with Gasteiger partial charge >= 0.3 is 5.69 Å². The monoisotopic (exact) mass is 268 g/mol. The van der Waals surface area contributed by atoms with E-state index in [9.17, 15) is 14.4 Å². The van der Waals surface area contributed by atoms with Crippen LogP contribution >= 0.6 is 0 Å². The minimum absolute atomic E-state index is 0.0391. The SMILES string of the molecule is CCCCNC(=O)Cn1c(=O)c(N)cn(CC)c1=O. The zero-order valence-electron chi connectivity index (χ0n) is 11.3. The van der Waals surface area contributed by atoms with Gasteiger partial charge < -0.3 is 11.1 Å². The van der Waals surface area contributed by atoms with Gasteiger partial charge in [-0.2, -0.15) is 0 Å². The smallest absolute Gasteiger partial charge is 0.331 e. The van der Waals surface area contributed by atoms with E-state index in [1.165, 1.54) is 10.8 Å². The highest BCUT2D eigenvalue weighted by Crippen LogP contribution is 1.90. The zero-order chi connectivity index (χ0) is 14.4. The molecule has 19 heavy (non-hydrogen) atoms. The van der Waals surface area contributed by atoms with Crippen molar-refractivity contribution < 1.29 is 4.79 Å². The molecule has 1 rings (SSSR count). The van der Waals surface area contributed by atoms with Gasteiger partial charge in [0.15, 0.2) is 0 Å². The lowest BCUT2D eigenvalue weighted by molar-refractivity contribution is -0.121. The number of nitrogen functional groups attached to an aromatic ring is 1. The molecule has 0 aromatic carbocycles. The summed E-state index contributed by atoms with van der Waals surface area (Å²) in [6.07, 6.45) is 3.12. The normalized spacial score (nSPS) is 10.4. The van der Waals surface area contributed by atoms with Gasteiger partial charge in [0.2, 0.25) is 5.91 Å². The van der Waals surface area contributed by atoms with Gasteiger partial charge in [0, 0.05) is 19.3 Å². The molecule has 106 valence electrons. The summed E-state index contributed by atoms with van der Waals surface area (Å²) in [6.45, 7) is 4.40. The number of carbonyl (C=O) groups is 1. The van der Waals surface area contributed by atoms with Crippen molar-refractivity contribution in [3.63, 3.8) is 0 Å². The number of carbonyl (C=O) groups excluding carboxylic acids is 1. The maximum atomic E-state index is 11.9. The van der Waals surface area contributed by atoms with Crippen molar-refractivity contribution >= 4 is 11.6 Å². The Hall–Kier alpha value is -2.05. The molecule has 1 amide bonds. The van der Waals surface area contributed by atoms with Crippen molar-refractivity contribution in [3.8, 4) is 0 Å². The van der Waals surface area contributed by atoms with Crippen LogP contribution in [0.4, 0.5) is 5.69 Å². The Morgan fingerprint density at radius 2 is 2.05 bits per heavy atom. The highest BCUT2D eigenvalue weighted by atomic mass is 16.2. The topological polar surface area (TPSA) is 99.1 Å². The van der Waals surface area contributed by atoms with Crippen LogP contribution in [0.15, 0.2) is 15.8 Å². The maximum Gasteiger partial charge on any atom is 0.331 e. The summed E-state index contributed by atoms with van der Waals surface area (Å²) in [5.41, 5.74) is 4.35. The van der Waals surface area contributed by atoms with Crippen molar-refractivity contribution in [2.75, 3.05) is 12.3 Å². The van der Waals surface area contributed by atoms with Gasteiger partial charge in [0.25, 0.3) is 5.56 Å². The summed E-state index contributed by atoms with van der Waals surface area (Å²) in [6, 6.07) is 0. The van der Waals surface area contributed by atoms with Crippen LogP contribution in [0.2, 0.25) is 0 Å². The molecular weight excluding hydrogens is 248 g/mol. The van der Waals surface area contributed by atoms with E-state index in [2.05, 4.69) is 5.32 Å². The Kier molecular flexibility index (Phi) is 5.35. The van der Waals surface area contributed by atoms with Crippen LogP contribution in [0, 0.1) is 0 Å². The van der Waals surface area contributed by atoms with E-state index < -0.39 is 11.2 Å². The molecule has 7 nitrogen and oxygen atoms in total. The molecule has 1 aromatic rings. The predicted molar refractivity (Wildman–Crippen MR) is 73.0 cm³/mol. The minimum atomic E-state index is -0.625. The van der Waals surface area contributed by atoms with Gasteiger partial charge in [-0.3, -0.25) is 14.2 Å². The molecule has 0 bridgehead atoms. The molecule has 0 aliphatic heterocycles. The summed E-state index contributed by atoms with van der Waals surface area (Å²) >= 11 is 0. The Balaban J connectivity index is 2.95. The first-order chi connectivity index (χ1) is 9.01. The number of amides is 1. The molecule has 1 heterocycles. The van der Waals surface area contributed by atoms with Gasteiger partial charge in [0.1, 0.15) is 12.2 Å². The van der Waals surface area contributed by atoms with Crippen molar-refractivity contribution in [2.45, 2.75) is 39.8 Å². The summed E-state index contributed by atoms with van der Waals surface area (Å²) < 4.78 is 2.16. The summed E-state index contributed by atoms with van der Waals surface area (Å²) in [5.74, 6) is -0.360. The van der Waals surface area contributed by atoms with E-state index in [0.29, 0.717) is 13.1 Å². The molecule has 7 heteroatoms. The molecule has 0 saturated heterocycles. The number of unbranched alkanes of at least 4 members (excludes halogenated alkanes) is 1. The van der Waals surface area contributed by atoms with Gasteiger partial charge in [-0.05, 0) is 13.3 Å². The highest BCUT2D eigenvalue weighted by Gasteiger charge is 2.11. The second-order valence-electron chi connectivity index (χ2n) is 4.25. The Labute approximate surface area is 111 Å². The molecule has 0 saturated carbocycles. The lowest BCUT2D eigenvalue weighted by Crippen LogP contribution is -2.44. The third-order valence-corrected chi connectivity index (χ3v) is 2.76. The lowest BCUT2D eigenvalue weighted by atomic mass is 10.3. The third kappa shape index (κ3) is 3.70. The molecule has 3 N–H and O–H groups in total.